The fraction of sp³-hybridized carbons (Fsp3) is 0.241. The van der Waals surface area contributed by atoms with Gasteiger partial charge < -0.3 is 0 Å². The van der Waals surface area contributed by atoms with Gasteiger partial charge in [-0.1, -0.05) is 43.7 Å². The molecule has 0 fully saturated rings. The molecule has 0 radical (unpaired) electrons. The number of aryl methyl sites for hydroxylation is 3. The van der Waals surface area contributed by atoms with E-state index in [4.69, 9.17) is 0 Å². The standard InChI is InChI=1S/C29H25F3N2/c1-2-3-4-5-22-18-33-29(34-19-22)13-9-21-7-11-23(26(30)15-21)10-6-20-8-12-24-16-27(31)28(32)17-25(24)14-20/h7-8,11-12,14-19H,2-5,9,13H2,1H3. The van der Waals surface area contributed by atoms with Crippen molar-refractivity contribution < 1.29 is 13.2 Å². The number of rotatable bonds is 7. The third-order valence-corrected chi connectivity index (χ3v) is 5.72. The van der Waals surface area contributed by atoms with Crippen LogP contribution >= 0.6 is 0 Å². The van der Waals surface area contributed by atoms with Crippen LogP contribution in [0.1, 0.15) is 54.3 Å². The summed E-state index contributed by atoms with van der Waals surface area (Å²) in [6, 6.07) is 12.3. The van der Waals surface area contributed by atoms with Crippen molar-refractivity contribution in [2.45, 2.75) is 45.4 Å². The summed E-state index contributed by atoms with van der Waals surface area (Å²) in [5, 5.41) is 1.12. The van der Waals surface area contributed by atoms with Crippen LogP contribution < -0.4 is 0 Å². The highest BCUT2D eigenvalue weighted by Crippen LogP contribution is 2.20. The third kappa shape index (κ3) is 6.02. The van der Waals surface area contributed by atoms with E-state index in [0.717, 1.165) is 41.9 Å². The lowest BCUT2D eigenvalue weighted by Crippen LogP contribution is -2.00. The second-order valence-electron chi connectivity index (χ2n) is 8.36. The van der Waals surface area contributed by atoms with Gasteiger partial charge in [0, 0.05) is 24.4 Å². The first kappa shape index (κ1) is 23.5. The fourth-order valence-electron chi connectivity index (χ4n) is 3.75. The maximum absolute atomic E-state index is 14.6. The molecular weight excluding hydrogens is 433 g/mol. The minimum absolute atomic E-state index is 0.279. The molecule has 0 N–H and O–H groups in total. The molecule has 0 atom stereocenters. The summed E-state index contributed by atoms with van der Waals surface area (Å²) < 4.78 is 41.5. The first-order valence-electron chi connectivity index (χ1n) is 11.5. The van der Waals surface area contributed by atoms with Gasteiger partial charge in [0.2, 0.25) is 0 Å². The maximum atomic E-state index is 14.6. The zero-order valence-corrected chi connectivity index (χ0v) is 19.0. The van der Waals surface area contributed by atoms with Crippen LogP contribution in [0.3, 0.4) is 0 Å². The molecule has 0 saturated carbocycles. The summed E-state index contributed by atoms with van der Waals surface area (Å²) in [5.41, 5.74) is 2.87. The summed E-state index contributed by atoms with van der Waals surface area (Å²) in [5.74, 6) is 4.28. The van der Waals surface area contributed by atoms with Gasteiger partial charge in [0.05, 0.1) is 5.56 Å². The van der Waals surface area contributed by atoms with E-state index in [2.05, 4.69) is 28.7 Å². The third-order valence-electron chi connectivity index (χ3n) is 5.72. The zero-order chi connectivity index (χ0) is 23.9. The second-order valence-corrected chi connectivity index (χ2v) is 8.36. The van der Waals surface area contributed by atoms with Crippen molar-refractivity contribution in [3.05, 3.63) is 106 Å². The van der Waals surface area contributed by atoms with Crippen LogP contribution in [0.15, 0.2) is 60.9 Å². The van der Waals surface area contributed by atoms with Gasteiger partial charge in [-0.05, 0) is 77.6 Å². The number of hydrogen-bond acceptors (Lipinski definition) is 2. The van der Waals surface area contributed by atoms with E-state index >= 15 is 0 Å². The average molecular weight is 459 g/mol. The monoisotopic (exact) mass is 458 g/mol. The molecule has 172 valence electrons. The summed E-state index contributed by atoms with van der Waals surface area (Å²) in [6.45, 7) is 2.18. The maximum Gasteiger partial charge on any atom is 0.159 e. The molecule has 0 aliphatic carbocycles. The van der Waals surface area contributed by atoms with E-state index < -0.39 is 17.5 Å². The van der Waals surface area contributed by atoms with Gasteiger partial charge >= 0.3 is 0 Å². The molecule has 0 unspecified atom stereocenters. The van der Waals surface area contributed by atoms with Crippen LogP contribution in [-0.2, 0) is 19.3 Å². The zero-order valence-electron chi connectivity index (χ0n) is 19.0. The first-order valence-corrected chi connectivity index (χ1v) is 11.5. The Morgan fingerprint density at radius 2 is 1.44 bits per heavy atom. The van der Waals surface area contributed by atoms with E-state index in [9.17, 15) is 13.2 Å². The molecule has 3 aromatic carbocycles. The molecule has 0 aliphatic rings. The van der Waals surface area contributed by atoms with Crippen molar-refractivity contribution in [3.63, 3.8) is 0 Å². The molecular formula is C29H25F3N2. The molecule has 1 heterocycles. The number of unbranched alkanes of at least 4 members (excludes halogenated alkanes) is 2. The summed E-state index contributed by atoms with van der Waals surface area (Å²) in [4.78, 5) is 8.87. The lowest BCUT2D eigenvalue weighted by molar-refractivity contribution is 0.511. The van der Waals surface area contributed by atoms with Crippen molar-refractivity contribution in [2.24, 2.45) is 0 Å². The Hall–Kier alpha value is -3.65. The largest absolute Gasteiger partial charge is 0.241 e. The Labute approximate surface area is 197 Å². The number of halogens is 3. The number of hydrogen-bond donors (Lipinski definition) is 0. The summed E-state index contributed by atoms with van der Waals surface area (Å²) in [6.07, 6.45) is 9.57. The topological polar surface area (TPSA) is 25.8 Å². The lowest BCUT2D eigenvalue weighted by Gasteiger charge is -2.04. The van der Waals surface area contributed by atoms with Gasteiger partial charge in [-0.15, -0.1) is 0 Å². The van der Waals surface area contributed by atoms with E-state index in [0.29, 0.717) is 29.2 Å². The van der Waals surface area contributed by atoms with E-state index in [1.165, 1.54) is 18.9 Å². The highest BCUT2D eigenvalue weighted by molar-refractivity contribution is 5.84. The van der Waals surface area contributed by atoms with Gasteiger partial charge in [-0.25, -0.2) is 23.1 Å². The highest BCUT2D eigenvalue weighted by Gasteiger charge is 2.06. The SMILES string of the molecule is CCCCCc1cnc(CCc2ccc(C#Cc3ccc4cc(F)c(F)cc4c3)c(F)c2)nc1. The van der Waals surface area contributed by atoms with Crippen LogP contribution in [0.5, 0.6) is 0 Å². The molecule has 34 heavy (non-hydrogen) atoms. The van der Waals surface area contributed by atoms with Crippen LogP contribution in [-0.4, -0.2) is 9.97 Å². The predicted molar refractivity (Wildman–Crippen MR) is 129 cm³/mol. The van der Waals surface area contributed by atoms with Gasteiger partial charge in [-0.3, -0.25) is 0 Å². The van der Waals surface area contributed by atoms with E-state index in [1.807, 2.05) is 18.5 Å². The fourth-order valence-corrected chi connectivity index (χ4v) is 3.75. The quantitative estimate of drug-likeness (QED) is 0.221. The molecule has 0 spiro atoms. The van der Waals surface area contributed by atoms with E-state index in [1.54, 1.807) is 24.3 Å². The van der Waals surface area contributed by atoms with Gasteiger partial charge in [0.1, 0.15) is 11.6 Å². The molecule has 5 heteroatoms. The van der Waals surface area contributed by atoms with E-state index in [-0.39, 0.29) is 5.56 Å². The highest BCUT2D eigenvalue weighted by atomic mass is 19.2. The van der Waals surface area contributed by atoms with Crippen LogP contribution in [0.4, 0.5) is 13.2 Å². The Balaban J connectivity index is 1.39. The molecule has 0 bridgehead atoms. The van der Waals surface area contributed by atoms with Crippen molar-refractivity contribution >= 4 is 10.8 Å². The minimum Gasteiger partial charge on any atom is -0.241 e. The van der Waals surface area contributed by atoms with Crippen molar-refractivity contribution in [3.8, 4) is 11.8 Å². The number of nitrogens with zero attached hydrogens (tertiary/aromatic N) is 2. The Morgan fingerprint density at radius 3 is 2.18 bits per heavy atom. The van der Waals surface area contributed by atoms with Crippen LogP contribution in [0.2, 0.25) is 0 Å². The number of fused-ring (bicyclic) bond motifs is 1. The second kappa shape index (κ2) is 11.0. The minimum atomic E-state index is -0.910. The van der Waals surface area contributed by atoms with Gasteiger partial charge in [0.15, 0.2) is 11.6 Å². The number of aromatic nitrogens is 2. The predicted octanol–water partition coefficient (Wildman–Crippen LogP) is 6.96. The van der Waals surface area contributed by atoms with Crippen molar-refractivity contribution in [2.75, 3.05) is 0 Å². The normalized spacial score (nSPS) is 10.8. The Kier molecular flexibility index (Phi) is 7.59. The molecule has 1 aromatic heterocycles. The average Bonchev–Trinajstić information content (AvgIpc) is 2.84. The van der Waals surface area contributed by atoms with Crippen LogP contribution in [0, 0.1) is 29.3 Å². The van der Waals surface area contributed by atoms with Gasteiger partial charge in [0.25, 0.3) is 0 Å². The molecule has 4 rings (SSSR count). The number of benzene rings is 3. The smallest absolute Gasteiger partial charge is 0.159 e. The van der Waals surface area contributed by atoms with Crippen molar-refractivity contribution in [1.82, 2.24) is 9.97 Å². The summed E-state index contributed by atoms with van der Waals surface area (Å²) in [7, 11) is 0. The van der Waals surface area contributed by atoms with Crippen molar-refractivity contribution in [1.29, 1.82) is 0 Å². The molecule has 4 aromatic rings. The first-order chi connectivity index (χ1) is 16.5. The Morgan fingerprint density at radius 1 is 0.676 bits per heavy atom. The van der Waals surface area contributed by atoms with Gasteiger partial charge in [-0.2, -0.15) is 0 Å². The molecule has 0 amide bonds. The molecule has 2 nitrogen and oxygen atoms in total. The van der Waals surface area contributed by atoms with Crippen LogP contribution in [0.25, 0.3) is 10.8 Å². The lowest BCUT2D eigenvalue weighted by atomic mass is 10.0. The Bertz CT molecular complexity index is 1350. The molecule has 0 aliphatic heterocycles. The summed E-state index contributed by atoms with van der Waals surface area (Å²) >= 11 is 0. The molecule has 0 saturated heterocycles.